The number of hydrogen-bond acceptors (Lipinski definition) is 3. The predicted octanol–water partition coefficient (Wildman–Crippen LogP) is 2.24. The van der Waals surface area contributed by atoms with Crippen LogP contribution in [-0.4, -0.2) is 32.5 Å². The van der Waals surface area contributed by atoms with E-state index in [1.165, 1.54) is 5.56 Å². The molecule has 0 aromatic heterocycles. The molecule has 1 aromatic carbocycles. The van der Waals surface area contributed by atoms with Crippen molar-refractivity contribution in [3.05, 3.63) is 34.9 Å². The Morgan fingerprint density at radius 2 is 2.18 bits per heavy atom. The van der Waals surface area contributed by atoms with Gasteiger partial charge < -0.3 is 14.8 Å². The van der Waals surface area contributed by atoms with E-state index >= 15 is 0 Å². The highest BCUT2D eigenvalue weighted by atomic mass is 35.5. The Bertz CT molecular complexity index is 347. The van der Waals surface area contributed by atoms with Gasteiger partial charge in [-0.25, -0.2) is 0 Å². The third-order valence-corrected chi connectivity index (χ3v) is 3.44. The molecule has 4 heteroatoms. The summed E-state index contributed by atoms with van der Waals surface area (Å²) in [7, 11) is 1.75. The van der Waals surface area contributed by atoms with Crippen LogP contribution in [0.5, 0.6) is 0 Å². The quantitative estimate of drug-likeness (QED) is 0.875. The van der Waals surface area contributed by atoms with Crippen LogP contribution in [0.2, 0.25) is 5.02 Å². The summed E-state index contributed by atoms with van der Waals surface area (Å²) < 4.78 is 10.9. The lowest BCUT2D eigenvalue weighted by Crippen LogP contribution is -2.42. The molecule has 94 valence electrons. The Balaban J connectivity index is 1.80. The topological polar surface area (TPSA) is 30.5 Å². The fraction of sp³-hybridized carbons (Fsp3) is 0.538. The fourth-order valence-corrected chi connectivity index (χ4v) is 2.12. The van der Waals surface area contributed by atoms with Gasteiger partial charge in [0.1, 0.15) is 5.60 Å². The minimum Gasteiger partial charge on any atom is -0.378 e. The van der Waals surface area contributed by atoms with Crippen LogP contribution in [0.15, 0.2) is 24.3 Å². The van der Waals surface area contributed by atoms with Crippen molar-refractivity contribution in [2.75, 3.05) is 26.9 Å². The zero-order valence-electron chi connectivity index (χ0n) is 10.0. The molecular weight excluding hydrogens is 238 g/mol. The monoisotopic (exact) mass is 255 g/mol. The third-order valence-electron chi connectivity index (χ3n) is 3.19. The molecule has 1 atom stereocenters. The summed E-state index contributed by atoms with van der Waals surface area (Å²) >= 11 is 5.84. The van der Waals surface area contributed by atoms with Crippen molar-refractivity contribution >= 4 is 11.6 Å². The van der Waals surface area contributed by atoms with Crippen LogP contribution in [0.1, 0.15) is 12.0 Å². The van der Waals surface area contributed by atoms with E-state index in [2.05, 4.69) is 5.32 Å². The van der Waals surface area contributed by atoms with Gasteiger partial charge in [0.05, 0.1) is 6.61 Å². The van der Waals surface area contributed by atoms with E-state index in [1.807, 2.05) is 24.3 Å². The van der Waals surface area contributed by atoms with E-state index in [4.69, 9.17) is 21.1 Å². The molecule has 1 fully saturated rings. The van der Waals surface area contributed by atoms with Gasteiger partial charge in [-0.3, -0.25) is 0 Å². The smallest absolute Gasteiger partial charge is 0.106 e. The Labute approximate surface area is 107 Å². The first kappa shape index (κ1) is 12.8. The predicted molar refractivity (Wildman–Crippen MR) is 68.3 cm³/mol. The fourth-order valence-electron chi connectivity index (χ4n) is 2.00. The summed E-state index contributed by atoms with van der Waals surface area (Å²) in [6.07, 6.45) is 0.955. The minimum absolute atomic E-state index is 0.146. The van der Waals surface area contributed by atoms with Crippen LogP contribution < -0.4 is 5.32 Å². The number of hydrogen-bond donors (Lipinski definition) is 1. The number of benzene rings is 1. The minimum atomic E-state index is -0.146. The normalized spacial score (nSPS) is 24.1. The van der Waals surface area contributed by atoms with Crippen LogP contribution in [0.3, 0.4) is 0 Å². The van der Waals surface area contributed by atoms with Gasteiger partial charge in [0.2, 0.25) is 0 Å². The maximum Gasteiger partial charge on any atom is 0.106 e. The van der Waals surface area contributed by atoms with Gasteiger partial charge in [0.25, 0.3) is 0 Å². The Kier molecular flexibility index (Phi) is 4.40. The van der Waals surface area contributed by atoms with Crippen molar-refractivity contribution in [3.8, 4) is 0 Å². The average Bonchev–Trinajstić information content (AvgIpc) is 2.81. The van der Waals surface area contributed by atoms with Gasteiger partial charge in [-0.1, -0.05) is 23.7 Å². The lowest BCUT2D eigenvalue weighted by molar-refractivity contribution is -0.0159. The molecule has 1 aliphatic rings. The SMILES string of the molecule is COC1(CNCc2ccc(Cl)cc2)CCOC1. The Morgan fingerprint density at radius 3 is 2.76 bits per heavy atom. The Morgan fingerprint density at radius 1 is 1.41 bits per heavy atom. The number of methoxy groups -OCH3 is 1. The molecule has 2 rings (SSSR count). The number of rotatable bonds is 5. The van der Waals surface area contributed by atoms with Gasteiger partial charge in [-0.2, -0.15) is 0 Å². The average molecular weight is 256 g/mol. The number of ether oxygens (including phenoxy) is 2. The van der Waals surface area contributed by atoms with Gasteiger partial charge in [-0.15, -0.1) is 0 Å². The van der Waals surface area contributed by atoms with Gasteiger partial charge in [0.15, 0.2) is 0 Å². The van der Waals surface area contributed by atoms with Crippen molar-refractivity contribution < 1.29 is 9.47 Å². The van der Waals surface area contributed by atoms with E-state index in [-0.39, 0.29) is 5.60 Å². The maximum atomic E-state index is 5.84. The highest BCUT2D eigenvalue weighted by molar-refractivity contribution is 6.30. The number of halogens is 1. The second-order valence-corrected chi connectivity index (χ2v) is 4.86. The molecule has 0 aliphatic carbocycles. The lowest BCUT2D eigenvalue weighted by Gasteiger charge is -2.26. The molecule has 0 saturated carbocycles. The lowest BCUT2D eigenvalue weighted by atomic mass is 10.0. The summed E-state index contributed by atoms with van der Waals surface area (Å²) in [6.45, 7) is 3.10. The van der Waals surface area contributed by atoms with Crippen molar-refractivity contribution in [2.24, 2.45) is 0 Å². The van der Waals surface area contributed by atoms with E-state index in [9.17, 15) is 0 Å². The molecule has 0 amide bonds. The van der Waals surface area contributed by atoms with Crippen LogP contribution in [-0.2, 0) is 16.0 Å². The van der Waals surface area contributed by atoms with Gasteiger partial charge in [0, 0.05) is 38.2 Å². The highest BCUT2D eigenvalue weighted by Gasteiger charge is 2.34. The van der Waals surface area contributed by atoms with E-state index in [0.717, 1.165) is 31.1 Å². The van der Waals surface area contributed by atoms with Gasteiger partial charge >= 0.3 is 0 Å². The summed E-state index contributed by atoms with van der Waals surface area (Å²) in [5, 5.41) is 4.18. The van der Waals surface area contributed by atoms with Crippen LogP contribution in [0, 0.1) is 0 Å². The highest BCUT2D eigenvalue weighted by Crippen LogP contribution is 2.21. The molecular formula is C13H18ClNO2. The van der Waals surface area contributed by atoms with Crippen LogP contribution >= 0.6 is 11.6 Å². The van der Waals surface area contributed by atoms with Crippen molar-refractivity contribution in [1.82, 2.24) is 5.32 Å². The molecule has 1 N–H and O–H groups in total. The first-order valence-corrected chi connectivity index (χ1v) is 6.20. The second-order valence-electron chi connectivity index (χ2n) is 4.42. The summed E-state index contributed by atoms with van der Waals surface area (Å²) in [5.41, 5.74) is 1.08. The largest absolute Gasteiger partial charge is 0.378 e. The molecule has 0 bridgehead atoms. The first-order valence-electron chi connectivity index (χ1n) is 5.82. The molecule has 1 aliphatic heterocycles. The summed E-state index contributed by atoms with van der Waals surface area (Å²) in [6, 6.07) is 7.87. The summed E-state index contributed by atoms with van der Waals surface area (Å²) in [5.74, 6) is 0. The molecule has 1 heterocycles. The maximum absolute atomic E-state index is 5.84. The standard InChI is InChI=1S/C13H18ClNO2/c1-16-13(6-7-17-10-13)9-15-8-11-2-4-12(14)5-3-11/h2-5,15H,6-10H2,1H3. The molecule has 1 unspecified atom stereocenters. The van der Waals surface area contributed by atoms with Crippen molar-refractivity contribution in [1.29, 1.82) is 0 Å². The molecule has 17 heavy (non-hydrogen) atoms. The zero-order valence-corrected chi connectivity index (χ0v) is 10.8. The molecule has 1 saturated heterocycles. The van der Waals surface area contributed by atoms with E-state index < -0.39 is 0 Å². The molecule has 0 radical (unpaired) electrons. The summed E-state index contributed by atoms with van der Waals surface area (Å²) in [4.78, 5) is 0. The van der Waals surface area contributed by atoms with E-state index in [1.54, 1.807) is 7.11 Å². The molecule has 0 spiro atoms. The second kappa shape index (κ2) is 5.83. The van der Waals surface area contributed by atoms with Crippen LogP contribution in [0.4, 0.5) is 0 Å². The van der Waals surface area contributed by atoms with Crippen molar-refractivity contribution in [2.45, 2.75) is 18.6 Å². The molecule has 1 aromatic rings. The zero-order chi connectivity index (χ0) is 12.1. The third kappa shape index (κ3) is 3.42. The van der Waals surface area contributed by atoms with Gasteiger partial charge in [-0.05, 0) is 17.7 Å². The van der Waals surface area contributed by atoms with E-state index in [0.29, 0.717) is 6.61 Å². The number of nitrogens with one attached hydrogen (secondary N) is 1. The van der Waals surface area contributed by atoms with Crippen molar-refractivity contribution in [3.63, 3.8) is 0 Å². The Hall–Kier alpha value is -0.610. The first-order chi connectivity index (χ1) is 8.24. The molecule has 3 nitrogen and oxygen atoms in total. The van der Waals surface area contributed by atoms with Crippen LogP contribution in [0.25, 0.3) is 0 Å².